The van der Waals surface area contributed by atoms with Crippen LogP contribution in [-0.4, -0.2) is 23.7 Å². The fourth-order valence-corrected chi connectivity index (χ4v) is 1.68. The Labute approximate surface area is 103 Å². The molecular formula is C14H21NO2. The van der Waals surface area contributed by atoms with Gasteiger partial charge in [-0.2, -0.15) is 0 Å². The van der Waals surface area contributed by atoms with Gasteiger partial charge >= 0.3 is 5.97 Å². The maximum Gasteiger partial charge on any atom is 0.335 e. The number of carboxylic acids is 1. The molecule has 0 spiro atoms. The Morgan fingerprint density at radius 3 is 2.41 bits per heavy atom. The third-order valence-corrected chi connectivity index (χ3v) is 3.60. The van der Waals surface area contributed by atoms with E-state index in [-0.39, 0.29) is 5.54 Å². The van der Waals surface area contributed by atoms with E-state index in [1.165, 1.54) is 0 Å². The first kappa shape index (κ1) is 13.6. The Morgan fingerprint density at radius 2 is 2.00 bits per heavy atom. The molecule has 0 heterocycles. The van der Waals surface area contributed by atoms with Gasteiger partial charge in [0.25, 0.3) is 0 Å². The minimum Gasteiger partial charge on any atom is -0.478 e. The molecule has 17 heavy (non-hydrogen) atoms. The van der Waals surface area contributed by atoms with E-state index in [1.54, 1.807) is 6.07 Å². The molecule has 0 amide bonds. The summed E-state index contributed by atoms with van der Waals surface area (Å²) in [5.41, 5.74) is 2.29. The van der Waals surface area contributed by atoms with Crippen molar-refractivity contribution in [2.75, 3.05) is 11.9 Å². The molecule has 0 aliphatic carbocycles. The third kappa shape index (κ3) is 2.78. The third-order valence-electron chi connectivity index (χ3n) is 3.60. The summed E-state index contributed by atoms with van der Waals surface area (Å²) in [5.74, 6) is -0.869. The highest BCUT2D eigenvalue weighted by molar-refractivity contribution is 5.89. The molecule has 0 unspecified atom stereocenters. The number of nitrogens with zero attached hydrogens (tertiary/aromatic N) is 1. The number of rotatable bonds is 4. The molecule has 1 aromatic rings. The molecule has 94 valence electrons. The minimum atomic E-state index is -0.869. The second-order valence-electron chi connectivity index (χ2n) is 5.03. The summed E-state index contributed by atoms with van der Waals surface area (Å²) < 4.78 is 0. The van der Waals surface area contributed by atoms with Crippen molar-refractivity contribution in [1.82, 2.24) is 0 Å². The van der Waals surface area contributed by atoms with Gasteiger partial charge in [0, 0.05) is 18.3 Å². The van der Waals surface area contributed by atoms with Crippen molar-refractivity contribution in [3.05, 3.63) is 29.3 Å². The molecule has 0 saturated heterocycles. The predicted octanol–water partition coefficient (Wildman–Crippen LogP) is 3.32. The van der Waals surface area contributed by atoms with Crippen LogP contribution in [0.4, 0.5) is 5.69 Å². The van der Waals surface area contributed by atoms with Crippen LogP contribution in [0.5, 0.6) is 0 Å². The Bertz CT molecular complexity index is 424. The van der Waals surface area contributed by atoms with Crippen LogP contribution in [0.1, 0.15) is 43.1 Å². The van der Waals surface area contributed by atoms with Crippen LogP contribution in [0.15, 0.2) is 18.2 Å². The Balaban J connectivity index is 3.10. The van der Waals surface area contributed by atoms with Gasteiger partial charge in [-0.3, -0.25) is 0 Å². The first-order chi connectivity index (χ1) is 7.79. The van der Waals surface area contributed by atoms with Gasteiger partial charge in [0.2, 0.25) is 0 Å². The SMILES string of the molecule is CCC(C)(C)N(C)c1ccc(C(=O)O)c(C)c1. The van der Waals surface area contributed by atoms with Crippen molar-refractivity contribution in [2.45, 2.75) is 39.7 Å². The molecule has 0 aromatic heterocycles. The lowest BCUT2D eigenvalue weighted by Gasteiger charge is -2.37. The Morgan fingerprint density at radius 1 is 1.41 bits per heavy atom. The summed E-state index contributed by atoms with van der Waals surface area (Å²) in [7, 11) is 2.04. The largest absolute Gasteiger partial charge is 0.478 e. The Kier molecular flexibility index (Phi) is 3.81. The van der Waals surface area contributed by atoms with Crippen molar-refractivity contribution in [3.63, 3.8) is 0 Å². The molecule has 3 heteroatoms. The van der Waals surface area contributed by atoms with E-state index >= 15 is 0 Å². The molecule has 3 nitrogen and oxygen atoms in total. The summed E-state index contributed by atoms with van der Waals surface area (Å²) >= 11 is 0. The van der Waals surface area contributed by atoms with Gasteiger partial charge in [0.15, 0.2) is 0 Å². The lowest BCUT2D eigenvalue weighted by molar-refractivity contribution is 0.0696. The number of aryl methyl sites for hydroxylation is 1. The molecule has 1 rings (SSSR count). The van der Waals surface area contributed by atoms with Gasteiger partial charge in [-0.1, -0.05) is 6.92 Å². The normalized spacial score (nSPS) is 11.4. The van der Waals surface area contributed by atoms with Crippen LogP contribution in [-0.2, 0) is 0 Å². The van der Waals surface area contributed by atoms with E-state index in [0.29, 0.717) is 5.56 Å². The van der Waals surface area contributed by atoms with E-state index in [0.717, 1.165) is 17.7 Å². The number of carboxylic acid groups (broad SMARTS) is 1. The number of hydrogen-bond acceptors (Lipinski definition) is 2. The highest BCUT2D eigenvalue weighted by atomic mass is 16.4. The van der Waals surface area contributed by atoms with E-state index in [9.17, 15) is 4.79 Å². The van der Waals surface area contributed by atoms with Crippen LogP contribution >= 0.6 is 0 Å². The minimum absolute atomic E-state index is 0.0666. The van der Waals surface area contributed by atoms with Crippen LogP contribution in [0.25, 0.3) is 0 Å². The lowest BCUT2D eigenvalue weighted by Crippen LogP contribution is -2.40. The molecule has 0 aliphatic heterocycles. The number of benzene rings is 1. The zero-order valence-corrected chi connectivity index (χ0v) is 11.2. The van der Waals surface area contributed by atoms with Gasteiger partial charge in [0.05, 0.1) is 5.56 Å². The van der Waals surface area contributed by atoms with Crippen LogP contribution in [0, 0.1) is 6.92 Å². The highest BCUT2D eigenvalue weighted by Crippen LogP contribution is 2.26. The maximum atomic E-state index is 10.9. The number of anilines is 1. The first-order valence-electron chi connectivity index (χ1n) is 5.87. The van der Waals surface area contributed by atoms with E-state index in [2.05, 4.69) is 25.7 Å². The molecule has 0 radical (unpaired) electrons. The standard InChI is InChI=1S/C14H21NO2/c1-6-14(3,4)15(5)11-7-8-12(13(16)17)10(2)9-11/h7-9H,6H2,1-5H3,(H,16,17). The van der Waals surface area contributed by atoms with E-state index < -0.39 is 5.97 Å². The van der Waals surface area contributed by atoms with Gasteiger partial charge in [-0.25, -0.2) is 4.79 Å². The number of aromatic carboxylic acids is 1. The Hall–Kier alpha value is -1.51. The number of carbonyl (C=O) groups is 1. The van der Waals surface area contributed by atoms with Gasteiger partial charge in [0.1, 0.15) is 0 Å². The monoisotopic (exact) mass is 235 g/mol. The van der Waals surface area contributed by atoms with Crippen molar-refractivity contribution in [1.29, 1.82) is 0 Å². The lowest BCUT2D eigenvalue weighted by atomic mass is 9.98. The van der Waals surface area contributed by atoms with E-state index in [1.807, 2.05) is 26.1 Å². The molecule has 0 saturated carbocycles. The topological polar surface area (TPSA) is 40.5 Å². The quantitative estimate of drug-likeness (QED) is 0.870. The summed E-state index contributed by atoms with van der Waals surface area (Å²) in [6.45, 7) is 8.33. The van der Waals surface area contributed by atoms with Crippen LogP contribution < -0.4 is 4.90 Å². The first-order valence-corrected chi connectivity index (χ1v) is 5.87. The summed E-state index contributed by atoms with van der Waals surface area (Å²) in [6.07, 6.45) is 1.03. The van der Waals surface area contributed by atoms with Gasteiger partial charge in [-0.05, 0) is 51.0 Å². The van der Waals surface area contributed by atoms with E-state index in [4.69, 9.17) is 5.11 Å². The predicted molar refractivity (Wildman–Crippen MR) is 70.9 cm³/mol. The molecule has 0 atom stereocenters. The second kappa shape index (κ2) is 4.78. The fourth-order valence-electron chi connectivity index (χ4n) is 1.68. The molecular weight excluding hydrogens is 214 g/mol. The average molecular weight is 235 g/mol. The summed E-state index contributed by atoms with van der Waals surface area (Å²) in [5, 5.41) is 8.99. The molecule has 0 aliphatic rings. The summed E-state index contributed by atoms with van der Waals surface area (Å²) in [6, 6.07) is 5.48. The van der Waals surface area contributed by atoms with Crippen molar-refractivity contribution >= 4 is 11.7 Å². The summed E-state index contributed by atoms with van der Waals surface area (Å²) in [4.78, 5) is 13.1. The number of hydrogen-bond donors (Lipinski definition) is 1. The molecule has 1 N–H and O–H groups in total. The van der Waals surface area contributed by atoms with Crippen molar-refractivity contribution in [2.24, 2.45) is 0 Å². The molecule has 1 aromatic carbocycles. The smallest absolute Gasteiger partial charge is 0.335 e. The second-order valence-corrected chi connectivity index (χ2v) is 5.03. The average Bonchev–Trinajstić information content (AvgIpc) is 2.27. The molecule has 0 bridgehead atoms. The zero-order chi connectivity index (χ0) is 13.2. The fraction of sp³-hybridized carbons (Fsp3) is 0.500. The van der Waals surface area contributed by atoms with Gasteiger partial charge in [-0.15, -0.1) is 0 Å². The molecule has 0 fully saturated rings. The van der Waals surface area contributed by atoms with Gasteiger partial charge < -0.3 is 10.0 Å². The zero-order valence-electron chi connectivity index (χ0n) is 11.2. The highest BCUT2D eigenvalue weighted by Gasteiger charge is 2.22. The van der Waals surface area contributed by atoms with Crippen molar-refractivity contribution in [3.8, 4) is 0 Å². The van der Waals surface area contributed by atoms with Crippen LogP contribution in [0.2, 0.25) is 0 Å². The van der Waals surface area contributed by atoms with Crippen molar-refractivity contribution < 1.29 is 9.90 Å². The maximum absolute atomic E-state index is 10.9. The van der Waals surface area contributed by atoms with Crippen LogP contribution in [0.3, 0.4) is 0 Å².